The lowest BCUT2D eigenvalue weighted by Gasteiger charge is -2.49. The molecule has 2 aromatic carbocycles. The predicted octanol–water partition coefficient (Wildman–Crippen LogP) is 7.17. The Morgan fingerprint density at radius 1 is 0.821 bits per heavy atom. The van der Waals surface area contributed by atoms with Crippen molar-refractivity contribution in [2.75, 3.05) is 13.7 Å². The van der Waals surface area contributed by atoms with Crippen molar-refractivity contribution in [2.45, 2.75) is 98.0 Å². The number of rotatable bonds is 10. The largest absolute Gasteiger partial charge is 0.497 e. The summed E-state index contributed by atoms with van der Waals surface area (Å²) in [6, 6.07) is 18.3. The third-order valence-electron chi connectivity index (χ3n) is 8.21. The summed E-state index contributed by atoms with van der Waals surface area (Å²) in [5.74, 6) is 1.13. The third kappa shape index (κ3) is 7.62. The van der Waals surface area contributed by atoms with Crippen LogP contribution in [0.3, 0.4) is 0 Å². The predicted molar refractivity (Wildman–Crippen MR) is 152 cm³/mol. The Morgan fingerprint density at radius 2 is 1.49 bits per heavy atom. The van der Waals surface area contributed by atoms with Crippen molar-refractivity contribution >= 4 is 0 Å². The summed E-state index contributed by atoms with van der Waals surface area (Å²) in [4.78, 5) is 0. The van der Waals surface area contributed by atoms with E-state index in [1.54, 1.807) is 7.11 Å². The minimum absolute atomic E-state index is 0.00907. The standard InChI is InChI=1S/C33H48O6/c1-21(2)30-23(4)28(36-32(37-30)26-14-16-27(34-8)17-15-26)18-29-24(5)31(39-33(6,7)38-29)22(3)19-35-20-25-12-10-9-11-13-25/h9-17,21-24,28-32H,18-20H2,1-8H3/t22-,23+,24-,28+,29-,30-,31-,32+/m1/s1. The normalized spacial score (nSPS) is 31.7. The van der Waals surface area contributed by atoms with Gasteiger partial charge < -0.3 is 28.4 Å². The zero-order valence-corrected chi connectivity index (χ0v) is 25.0. The fraction of sp³-hybridized carbons (Fsp3) is 0.636. The van der Waals surface area contributed by atoms with Crippen molar-refractivity contribution < 1.29 is 28.4 Å². The third-order valence-corrected chi connectivity index (χ3v) is 8.21. The lowest BCUT2D eigenvalue weighted by molar-refractivity contribution is -0.341. The minimum Gasteiger partial charge on any atom is -0.497 e. The van der Waals surface area contributed by atoms with Crippen molar-refractivity contribution in [2.24, 2.45) is 23.7 Å². The molecule has 2 fully saturated rings. The first-order chi connectivity index (χ1) is 18.6. The Hall–Kier alpha value is -1.96. The summed E-state index contributed by atoms with van der Waals surface area (Å²) in [6.45, 7) is 16.4. The van der Waals surface area contributed by atoms with Gasteiger partial charge in [0.05, 0.1) is 44.7 Å². The Morgan fingerprint density at radius 3 is 2.13 bits per heavy atom. The van der Waals surface area contributed by atoms with Crippen LogP contribution in [0.25, 0.3) is 0 Å². The Balaban J connectivity index is 1.45. The highest BCUT2D eigenvalue weighted by atomic mass is 16.7. The zero-order chi connectivity index (χ0) is 28.2. The van der Waals surface area contributed by atoms with Gasteiger partial charge in [-0.25, -0.2) is 0 Å². The highest BCUT2D eigenvalue weighted by molar-refractivity contribution is 5.28. The lowest BCUT2D eigenvalue weighted by Crippen LogP contribution is -2.55. The molecule has 4 rings (SSSR count). The average molecular weight is 541 g/mol. The summed E-state index contributed by atoms with van der Waals surface area (Å²) < 4.78 is 37.7. The van der Waals surface area contributed by atoms with E-state index in [0.29, 0.717) is 19.1 Å². The van der Waals surface area contributed by atoms with Gasteiger partial charge in [-0.3, -0.25) is 0 Å². The maximum atomic E-state index is 6.66. The fourth-order valence-electron chi connectivity index (χ4n) is 6.05. The van der Waals surface area contributed by atoms with E-state index in [1.165, 1.54) is 5.56 Å². The van der Waals surface area contributed by atoms with E-state index in [4.69, 9.17) is 28.4 Å². The maximum absolute atomic E-state index is 6.66. The zero-order valence-electron chi connectivity index (χ0n) is 25.0. The van der Waals surface area contributed by atoms with Gasteiger partial charge in [0.1, 0.15) is 5.75 Å². The molecule has 39 heavy (non-hydrogen) atoms. The monoisotopic (exact) mass is 540 g/mol. The molecular formula is C33H48O6. The van der Waals surface area contributed by atoms with Gasteiger partial charge in [0, 0.05) is 29.7 Å². The van der Waals surface area contributed by atoms with Crippen LogP contribution in [0, 0.1) is 23.7 Å². The maximum Gasteiger partial charge on any atom is 0.184 e. The molecule has 2 aliphatic rings. The van der Waals surface area contributed by atoms with E-state index in [0.717, 1.165) is 17.7 Å². The van der Waals surface area contributed by atoms with Gasteiger partial charge in [-0.05, 0) is 37.5 Å². The van der Waals surface area contributed by atoms with Crippen molar-refractivity contribution in [3.63, 3.8) is 0 Å². The van der Waals surface area contributed by atoms with Crippen molar-refractivity contribution in [3.05, 3.63) is 65.7 Å². The molecule has 0 aromatic heterocycles. The lowest BCUT2D eigenvalue weighted by atomic mass is 9.81. The van der Waals surface area contributed by atoms with Crippen molar-refractivity contribution in [1.82, 2.24) is 0 Å². The Labute approximate surface area is 235 Å². The molecule has 0 amide bonds. The highest BCUT2D eigenvalue weighted by Gasteiger charge is 2.46. The Kier molecular flexibility index (Phi) is 10.1. The second-order valence-electron chi connectivity index (χ2n) is 12.2. The summed E-state index contributed by atoms with van der Waals surface area (Å²) in [6.07, 6.45) is 0.439. The van der Waals surface area contributed by atoms with Crippen LogP contribution in [-0.2, 0) is 30.3 Å². The first-order valence-corrected chi connectivity index (χ1v) is 14.5. The van der Waals surface area contributed by atoms with Crippen LogP contribution in [0.2, 0.25) is 0 Å². The van der Waals surface area contributed by atoms with Crippen LogP contribution in [0.1, 0.15) is 72.3 Å². The molecular weight excluding hydrogens is 492 g/mol. The smallest absolute Gasteiger partial charge is 0.184 e. The van der Waals surface area contributed by atoms with Crippen LogP contribution >= 0.6 is 0 Å². The van der Waals surface area contributed by atoms with E-state index in [-0.39, 0.29) is 42.2 Å². The molecule has 0 saturated carbocycles. The number of ether oxygens (including phenoxy) is 6. The first kappa shape index (κ1) is 30.0. The van der Waals surface area contributed by atoms with E-state index in [9.17, 15) is 0 Å². The van der Waals surface area contributed by atoms with Gasteiger partial charge in [0.25, 0.3) is 0 Å². The molecule has 0 spiro atoms. The van der Waals surface area contributed by atoms with Gasteiger partial charge in [-0.1, -0.05) is 77.1 Å². The van der Waals surface area contributed by atoms with Crippen LogP contribution < -0.4 is 4.74 Å². The van der Waals surface area contributed by atoms with Gasteiger partial charge in [0.15, 0.2) is 12.1 Å². The molecule has 6 nitrogen and oxygen atoms in total. The molecule has 0 aliphatic carbocycles. The second-order valence-corrected chi connectivity index (χ2v) is 12.2. The molecule has 8 atom stereocenters. The fourth-order valence-corrected chi connectivity index (χ4v) is 6.05. The molecule has 0 N–H and O–H groups in total. The van der Waals surface area contributed by atoms with Gasteiger partial charge >= 0.3 is 0 Å². The molecule has 0 bridgehead atoms. The number of hydrogen-bond donors (Lipinski definition) is 0. The number of benzene rings is 2. The summed E-state index contributed by atoms with van der Waals surface area (Å²) in [5.41, 5.74) is 2.18. The van der Waals surface area contributed by atoms with Gasteiger partial charge in [-0.2, -0.15) is 0 Å². The van der Waals surface area contributed by atoms with E-state index in [1.807, 2.05) is 56.3 Å². The molecule has 0 radical (unpaired) electrons. The van der Waals surface area contributed by atoms with Crippen LogP contribution in [-0.4, -0.2) is 43.9 Å². The molecule has 2 saturated heterocycles. The first-order valence-electron chi connectivity index (χ1n) is 14.5. The SMILES string of the molecule is COc1ccc([C@H]2O[C@@H](C[C@H]3OC(C)(C)O[C@H]([C@H](C)COCc4ccccc4)[C@@H]3C)[C@H](C)[C@@H](C(C)C)O2)cc1. The summed E-state index contributed by atoms with van der Waals surface area (Å²) in [5, 5.41) is 0. The van der Waals surface area contributed by atoms with Crippen molar-refractivity contribution in [3.8, 4) is 5.75 Å². The van der Waals surface area contributed by atoms with E-state index < -0.39 is 12.1 Å². The topological polar surface area (TPSA) is 55.4 Å². The summed E-state index contributed by atoms with van der Waals surface area (Å²) >= 11 is 0. The number of methoxy groups -OCH3 is 1. The number of hydrogen-bond acceptors (Lipinski definition) is 6. The van der Waals surface area contributed by atoms with E-state index in [2.05, 4.69) is 46.8 Å². The van der Waals surface area contributed by atoms with Crippen molar-refractivity contribution in [1.29, 1.82) is 0 Å². The van der Waals surface area contributed by atoms with Gasteiger partial charge in [-0.15, -0.1) is 0 Å². The van der Waals surface area contributed by atoms with Crippen LogP contribution in [0.5, 0.6) is 5.75 Å². The molecule has 2 aromatic rings. The Bertz CT molecular complexity index is 1010. The molecule has 216 valence electrons. The molecule has 6 heteroatoms. The molecule has 2 aliphatic heterocycles. The summed E-state index contributed by atoms with van der Waals surface area (Å²) in [7, 11) is 1.68. The van der Waals surface area contributed by atoms with E-state index >= 15 is 0 Å². The van der Waals surface area contributed by atoms with Crippen LogP contribution in [0.15, 0.2) is 54.6 Å². The van der Waals surface area contributed by atoms with Gasteiger partial charge in [0.2, 0.25) is 0 Å². The highest BCUT2D eigenvalue weighted by Crippen LogP contribution is 2.42. The molecule has 2 heterocycles. The van der Waals surface area contributed by atoms with Crippen LogP contribution in [0.4, 0.5) is 0 Å². The average Bonchev–Trinajstić information content (AvgIpc) is 2.92. The minimum atomic E-state index is -0.684. The quantitative estimate of drug-likeness (QED) is 0.318. The second kappa shape index (κ2) is 13.1. The molecule has 0 unspecified atom stereocenters.